The molecule has 0 saturated heterocycles. The first-order valence-corrected chi connectivity index (χ1v) is 5.19. The number of nitrogens with one attached hydrogen (secondary N) is 1. The second kappa shape index (κ2) is 5.89. The topological polar surface area (TPSA) is 64.6 Å². The predicted octanol–water partition coefficient (Wildman–Crippen LogP) is 2.03. The molecular formula is C12H15NO4. The maximum atomic E-state index is 11.0. The van der Waals surface area contributed by atoms with Crippen molar-refractivity contribution >= 4 is 12.1 Å². The van der Waals surface area contributed by atoms with E-state index in [1.165, 1.54) is 14.0 Å². The minimum Gasteiger partial charge on any atom is -0.442 e. The van der Waals surface area contributed by atoms with Crippen LogP contribution in [0.3, 0.4) is 0 Å². The Kier molecular flexibility index (Phi) is 4.51. The Labute approximate surface area is 99.7 Å². The van der Waals surface area contributed by atoms with Crippen molar-refractivity contribution in [1.29, 1.82) is 0 Å². The van der Waals surface area contributed by atoms with E-state index in [0.717, 1.165) is 5.56 Å². The van der Waals surface area contributed by atoms with Gasteiger partial charge in [0.1, 0.15) is 11.9 Å². The molecule has 0 aliphatic rings. The van der Waals surface area contributed by atoms with Crippen molar-refractivity contribution in [3.8, 4) is 5.75 Å². The van der Waals surface area contributed by atoms with Crippen LogP contribution in [-0.2, 0) is 9.53 Å². The summed E-state index contributed by atoms with van der Waals surface area (Å²) in [6.07, 6.45) is -0.845. The van der Waals surface area contributed by atoms with Crippen LogP contribution in [0.25, 0.3) is 0 Å². The van der Waals surface area contributed by atoms with Crippen molar-refractivity contribution in [3.05, 3.63) is 29.8 Å². The van der Waals surface area contributed by atoms with Crippen molar-refractivity contribution in [2.75, 3.05) is 7.05 Å². The summed E-state index contributed by atoms with van der Waals surface area (Å²) in [5.74, 6) is 0.0980. The van der Waals surface area contributed by atoms with E-state index in [2.05, 4.69) is 5.32 Å². The molecule has 0 aliphatic heterocycles. The lowest BCUT2D eigenvalue weighted by molar-refractivity contribution is -0.131. The van der Waals surface area contributed by atoms with E-state index in [1.807, 2.05) is 0 Å². The molecule has 0 aliphatic carbocycles. The molecular weight excluding hydrogens is 222 g/mol. The molecule has 1 atom stereocenters. The maximum Gasteiger partial charge on any atom is 0.407 e. The first kappa shape index (κ1) is 13.0. The maximum absolute atomic E-state index is 11.0. The lowest BCUT2D eigenvalue weighted by Gasteiger charge is -2.13. The van der Waals surface area contributed by atoms with Crippen molar-refractivity contribution in [1.82, 2.24) is 5.32 Å². The van der Waals surface area contributed by atoms with Gasteiger partial charge in [0.05, 0.1) is 0 Å². The van der Waals surface area contributed by atoms with Crippen LogP contribution in [0.2, 0.25) is 0 Å². The number of benzene rings is 1. The average Bonchev–Trinajstić information content (AvgIpc) is 2.28. The van der Waals surface area contributed by atoms with Gasteiger partial charge in [0.25, 0.3) is 0 Å². The van der Waals surface area contributed by atoms with Gasteiger partial charge in [-0.1, -0.05) is 12.1 Å². The summed E-state index contributed by atoms with van der Waals surface area (Å²) < 4.78 is 9.94. The fourth-order valence-corrected chi connectivity index (χ4v) is 1.26. The molecule has 1 rings (SSSR count). The molecule has 5 heteroatoms. The molecule has 0 radical (unpaired) electrons. The quantitative estimate of drug-likeness (QED) is 0.645. The van der Waals surface area contributed by atoms with Crippen LogP contribution in [0.5, 0.6) is 5.75 Å². The van der Waals surface area contributed by atoms with E-state index >= 15 is 0 Å². The molecule has 0 saturated carbocycles. The number of ether oxygens (including phenoxy) is 2. The molecule has 92 valence electrons. The first-order valence-electron chi connectivity index (χ1n) is 5.19. The van der Waals surface area contributed by atoms with Gasteiger partial charge in [-0.25, -0.2) is 4.79 Å². The molecule has 0 fully saturated rings. The standard InChI is InChI=1S/C12H15NO4/c1-8(16-12(15)13-3)10-4-6-11(7-5-10)17-9(2)14/h4-8H,1-3H3,(H,13,15). The number of carbonyl (C=O) groups is 2. The summed E-state index contributed by atoms with van der Waals surface area (Å²) in [6.45, 7) is 3.10. The van der Waals surface area contributed by atoms with Gasteiger partial charge in [0.15, 0.2) is 0 Å². The molecule has 0 heterocycles. The summed E-state index contributed by atoms with van der Waals surface area (Å²) >= 11 is 0. The Morgan fingerprint density at radius 1 is 1.24 bits per heavy atom. The number of esters is 1. The van der Waals surface area contributed by atoms with E-state index < -0.39 is 6.09 Å². The van der Waals surface area contributed by atoms with Gasteiger partial charge in [-0.3, -0.25) is 4.79 Å². The summed E-state index contributed by atoms with van der Waals surface area (Å²) in [5.41, 5.74) is 0.824. The van der Waals surface area contributed by atoms with Gasteiger partial charge < -0.3 is 14.8 Å². The van der Waals surface area contributed by atoms with Gasteiger partial charge in [-0.2, -0.15) is 0 Å². The van der Waals surface area contributed by atoms with Crippen LogP contribution in [0.4, 0.5) is 4.79 Å². The van der Waals surface area contributed by atoms with E-state index in [9.17, 15) is 9.59 Å². The van der Waals surface area contributed by atoms with E-state index in [0.29, 0.717) is 5.75 Å². The number of amides is 1. The SMILES string of the molecule is CNC(=O)OC(C)c1ccc(OC(C)=O)cc1. The third kappa shape index (κ3) is 4.14. The highest BCUT2D eigenvalue weighted by Crippen LogP contribution is 2.20. The van der Waals surface area contributed by atoms with Gasteiger partial charge >= 0.3 is 12.1 Å². The third-order valence-electron chi connectivity index (χ3n) is 2.10. The van der Waals surface area contributed by atoms with E-state index in [-0.39, 0.29) is 12.1 Å². The van der Waals surface area contributed by atoms with Crippen LogP contribution in [-0.4, -0.2) is 19.1 Å². The lowest BCUT2D eigenvalue weighted by atomic mass is 10.1. The minimum atomic E-state index is -0.485. The lowest BCUT2D eigenvalue weighted by Crippen LogP contribution is -2.20. The summed E-state index contributed by atoms with van der Waals surface area (Å²) in [6, 6.07) is 6.79. The highest BCUT2D eigenvalue weighted by Gasteiger charge is 2.10. The number of rotatable bonds is 3. The first-order chi connectivity index (χ1) is 8.02. The molecule has 5 nitrogen and oxygen atoms in total. The monoisotopic (exact) mass is 237 g/mol. The molecule has 1 amide bonds. The fourth-order valence-electron chi connectivity index (χ4n) is 1.26. The number of hydrogen-bond acceptors (Lipinski definition) is 4. The summed E-state index contributed by atoms with van der Waals surface area (Å²) in [7, 11) is 1.50. The Hall–Kier alpha value is -2.04. The van der Waals surface area contributed by atoms with E-state index in [1.54, 1.807) is 31.2 Å². The molecule has 1 N–H and O–H groups in total. The molecule has 0 spiro atoms. The van der Waals surface area contributed by atoms with Gasteiger partial charge in [-0.15, -0.1) is 0 Å². The Balaban J connectivity index is 2.66. The Morgan fingerprint density at radius 3 is 2.29 bits per heavy atom. The fraction of sp³-hybridized carbons (Fsp3) is 0.333. The molecule has 1 unspecified atom stereocenters. The smallest absolute Gasteiger partial charge is 0.407 e. The average molecular weight is 237 g/mol. The van der Waals surface area contributed by atoms with Crippen LogP contribution in [0.1, 0.15) is 25.5 Å². The zero-order valence-corrected chi connectivity index (χ0v) is 10.0. The highest BCUT2D eigenvalue weighted by molar-refractivity contribution is 5.69. The van der Waals surface area contributed by atoms with Gasteiger partial charge in [-0.05, 0) is 24.6 Å². The normalized spacial score (nSPS) is 11.5. The predicted molar refractivity (Wildman–Crippen MR) is 61.7 cm³/mol. The second-order valence-corrected chi connectivity index (χ2v) is 3.46. The molecule has 0 aromatic heterocycles. The molecule has 1 aromatic carbocycles. The third-order valence-corrected chi connectivity index (χ3v) is 2.10. The number of hydrogen-bond donors (Lipinski definition) is 1. The number of carbonyl (C=O) groups excluding carboxylic acids is 2. The van der Waals surface area contributed by atoms with Gasteiger partial charge in [0, 0.05) is 14.0 Å². The zero-order valence-electron chi connectivity index (χ0n) is 10.0. The zero-order chi connectivity index (χ0) is 12.8. The highest BCUT2D eigenvalue weighted by atomic mass is 16.6. The Bertz CT molecular complexity index is 399. The van der Waals surface area contributed by atoms with Crippen LogP contribution in [0, 0.1) is 0 Å². The molecule has 0 bridgehead atoms. The van der Waals surface area contributed by atoms with Crippen molar-refractivity contribution in [2.24, 2.45) is 0 Å². The second-order valence-electron chi connectivity index (χ2n) is 3.46. The van der Waals surface area contributed by atoms with Crippen molar-refractivity contribution < 1.29 is 19.1 Å². The van der Waals surface area contributed by atoms with E-state index in [4.69, 9.17) is 9.47 Å². The van der Waals surface area contributed by atoms with Crippen LogP contribution < -0.4 is 10.1 Å². The molecule has 1 aromatic rings. The summed E-state index contributed by atoms with van der Waals surface area (Å²) in [5, 5.41) is 2.37. The van der Waals surface area contributed by atoms with Crippen LogP contribution >= 0.6 is 0 Å². The Morgan fingerprint density at radius 2 is 1.82 bits per heavy atom. The number of alkyl carbamates (subject to hydrolysis) is 1. The van der Waals surface area contributed by atoms with Crippen molar-refractivity contribution in [2.45, 2.75) is 20.0 Å². The molecule has 17 heavy (non-hydrogen) atoms. The van der Waals surface area contributed by atoms with Crippen molar-refractivity contribution in [3.63, 3.8) is 0 Å². The largest absolute Gasteiger partial charge is 0.442 e. The van der Waals surface area contributed by atoms with Gasteiger partial charge in [0.2, 0.25) is 0 Å². The van der Waals surface area contributed by atoms with Crippen LogP contribution in [0.15, 0.2) is 24.3 Å². The summed E-state index contributed by atoms with van der Waals surface area (Å²) in [4.78, 5) is 21.7. The minimum absolute atomic E-state index is 0.360.